The summed E-state index contributed by atoms with van der Waals surface area (Å²) in [5.74, 6) is 1.20. The molecular formula is C14H13N3O3. The molecule has 0 unspecified atom stereocenters. The Hall–Kier alpha value is -2.63. The monoisotopic (exact) mass is 271 g/mol. The minimum atomic E-state index is -0.228. The van der Waals surface area contributed by atoms with E-state index in [4.69, 9.17) is 9.47 Å². The predicted octanol–water partition coefficient (Wildman–Crippen LogP) is 1.88. The second-order valence-electron chi connectivity index (χ2n) is 4.19. The first-order valence-electron chi connectivity index (χ1n) is 6.22. The molecule has 6 nitrogen and oxygen atoms in total. The van der Waals surface area contributed by atoms with Gasteiger partial charge in [-0.3, -0.25) is 4.79 Å². The fourth-order valence-electron chi connectivity index (χ4n) is 2.16. The number of hydrogen-bond acceptors (Lipinski definition) is 5. The van der Waals surface area contributed by atoms with E-state index in [0.29, 0.717) is 34.7 Å². The van der Waals surface area contributed by atoms with Crippen LogP contribution in [0.4, 0.5) is 0 Å². The van der Waals surface area contributed by atoms with E-state index >= 15 is 0 Å². The van der Waals surface area contributed by atoms with Crippen LogP contribution in [-0.2, 0) is 0 Å². The Morgan fingerprint density at radius 2 is 2.15 bits per heavy atom. The SMILES string of the molecule is CCOc1ccc2nc3nc[nH]c(=O)c3cc2c1OC. The van der Waals surface area contributed by atoms with Crippen molar-refractivity contribution >= 4 is 21.9 Å². The Morgan fingerprint density at radius 1 is 1.30 bits per heavy atom. The van der Waals surface area contributed by atoms with Gasteiger partial charge in [-0.05, 0) is 25.1 Å². The molecule has 2 heterocycles. The van der Waals surface area contributed by atoms with E-state index in [2.05, 4.69) is 15.0 Å². The van der Waals surface area contributed by atoms with E-state index in [1.165, 1.54) is 6.33 Å². The van der Waals surface area contributed by atoms with Crippen molar-refractivity contribution in [3.05, 3.63) is 34.9 Å². The average molecular weight is 271 g/mol. The van der Waals surface area contributed by atoms with Gasteiger partial charge in [0.15, 0.2) is 17.1 Å². The molecule has 3 rings (SSSR count). The smallest absolute Gasteiger partial charge is 0.260 e. The second kappa shape index (κ2) is 4.80. The molecule has 0 amide bonds. The molecule has 0 aliphatic rings. The number of ether oxygens (including phenoxy) is 2. The molecule has 102 valence electrons. The van der Waals surface area contributed by atoms with Crippen molar-refractivity contribution < 1.29 is 9.47 Å². The molecule has 0 bridgehead atoms. The minimum absolute atomic E-state index is 0.228. The highest BCUT2D eigenvalue weighted by Gasteiger charge is 2.12. The zero-order valence-corrected chi connectivity index (χ0v) is 11.1. The van der Waals surface area contributed by atoms with E-state index < -0.39 is 0 Å². The molecule has 1 N–H and O–H groups in total. The number of aromatic amines is 1. The van der Waals surface area contributed by atoms with Gasteiger partial charge in [0.2, 0.25) is 0 Å². The summed E-state index contributed by atoms with van der Waals surface area (Å²) in [5.41, 5.74) is 0.886. The summed E-state index contributed by atoms with van der Waals surface area (Å²) < 4.78 is 10.9. The van der Waals surface area contributed by atoms with Crippen molar-refractivity contribution in [2.45, 2.75) is 6.92 Å². The fraction of sp³-hybridized carbons (Fsp3) is 0.214. The van der Waals surface area contributed by atoms with Crippen LogP contribution in [0.25, 0.3) is 21.9 Å². The van der Waals surface area contributed by atoms with Crippen molar-refractivity contribution in [3.63, 3.8) is 0 Å². The van der Waals surface area contributed by atoms with Gasteiger partial charge < -0.3 is 14.5 Å². The largest absolute Gasteiger partial charge is 0.492 e. The highest BCUT2D eigenvalue weighted by molar-refractivity contribution is 5.95. The van der Waals surface area contributed by atoms with Gasteiger partial charge in [0.1, 0.15) is 0 Å². The minimum Gasteiger partial charge on any atom is -0.492 e. The summed E-state index contributed by atoms with van der Waals surface area (Å²) in [5, 5.41) is 1.15. The Labute approximate surface area is 114 Å². The van der Waals surface area contributed by atoms with Crippen LogP contribution in [0.15, 0.2) is 29.3 Å². The lowest BCUT2D eigenvalue weighted by Gasteiger charge is -2.11. The maximum absolute atomic E-state index is 11.8. The normalized spacial score (nSPS) is 10.9. The first kappa shape index (κ1) is 12.4. The zero-order valence-electron chi connectivity index (χ0n) is 11.1. The first-order valence-corrected chi connectivity index (χ1v) is 6.22. The molecule has 0 spiro atoms. The maximum atomic E-state index is 11.8. The highest BCUT2D eigenvalue weighted by atomic mass is 16.5. The summed E-state index contributed by atoms with van der Waals surface area (Å²) >= 11 is 0. The standard InChI is InChI=1S/C14H13N3O3/c1-3-20-11-5-4-10-8(12(11)19-2)6-9-13(17-10)15-7-16-14(9)18/h4-7H,3H2,1-2H3,(H,15,16,17,18). The number of benzene rings is 1. The third kappa shape index (κ3) is 1.85. The summed E-state index contributed by atoms with van der Waals surface area (Å²) in [4.78, 5) is 22.8. The van der Waals surface area contributed by atoms with Crippen LogP contribution in [-0.4, -0.2) is 28.7 Å². The lowest BCUT2D eigenvalue weighted by atomic mass is 10.1. The Morgan fingerprint density at radius 3 is 2.90 bits per heavy atom. The van der Waals surface area contributed by atoms with Gasteiger partial charge in [-0.25, -0.2) is 9.97 Å². The summed E-state index contributed by atoms with van der Waals surface area (Å²) in [7, 11) is 1.56. The highest BCUT2D eigenvalue weighted by Crippen LogP contribution is 2.35. The van der Waals surface area contributed by atoms with Gasteiger partial charge in [0.05, 0.1) is 30.9 Å². The van der Waals surface area contributed by atoms with Crippen molar-refractivity contribution in [2.24, 2.45) is 0 Å². The number of fused-ring (bicyclic) bond motifs is 2. The van der Waals surface area contributed by atoms with Crippen molar-refractivity contribution in [1.82, 2.24) is 15.0 Å². The number of rotatable bonds is 3. The Balaban J connectivity index is 2.40. The summed E-state index contributed by atoms with van der Waals surface area (Å²) in [6.07, 6.45) is 1.34. The molecule has 6 heteroatoms. The molecule has 0 saturated heterocycles. The van der Waals surface area contributed by atoms with Crippen LogP contribution in [0.5, 0.6) is 11.5 Å². The van der Waals surface area contributed by atoms with Gasteiger partial charge in [-0.15, -0.1) is 0 Å². The molecule has 0 atom stereocenters. The Kier molecular flexibility index (Phi) is 2.98. The number of nitrogens with one attached hydrogen (secondary N) is 1. The van der Waals surface area contributed by atoms with Crippen molar-refractivity contribution in [2.75, 3.05) is 13.7 Å². The van der Waals surface area contributed by atoms with Gasteiger partial charge in [0.25, 0.3) is 5.56 Å². The molecule has 0 aliphatic carbocycles. The topological polar surface area (TPSA) is 77.1 Å². The van der Waals surface area contributed by atoms with E-state index in [1.807, 2.05) is 13.0 Å². The number of H-pyrrole nitrogens is 1. The van der Waals surface area contributed by atoms with Gasteiger partial charge in [-0.1, -0.05) is 0 Å². The molecular weight excluding hydrogens is 258 g/mol. The van der Waals surface area contributed by atoms with Crippen LogP contribution in [0.3, 0.4) is 0 Å². The van der Waals surface area contributed by atoms with E-state index in [-0.39, 0.29) is 5.56 Å². The molecule has 0 radical (unpaired) electrons. The van der Waals surface area contributed by atoms with Crippen LogP contribution >= 0.6 is 0 Å². The molecule has 0 aliphatic heterocycles. The number of hydrogen-bond donors (Lipinski definition) is 1. The fourth-order valence-corrected chi connectivity index (χ4v) is 2.16. The molecule has 0 fully saturated rings. The van der Waals surface area contributed by atoms with Crippen molar-refractivity contribution in [1.29, 1.82) is 0 Å². The van der Waals surface area contributed by atoms with Crippen LogP contribution in [0.1, 0.15) is 6.92 Å². The third-order valence-electron chi connectivity index (χ3n) is 3.02. The first-order chi connectivity index (χ1) is 9.74. The molecule has 2 aromatic heterocycles. The maximum Gasteiger partial charge on any atom is 0.260 e. The van der Waals surface area contributed by atoms with Crippen molar-refractivity contribution in [3.8, 4) is 11.5 Å². The van der Waals surface area contributed by atoms with Crippen LogP contribution < -0.4 is 15.0 Å². The summed E-state index contributed by atoms with van der Waals surface area (Å²) in [6.45, 7) is 2.43. The zero-order chi connectivity index (χ0) is 14.1. The number of aromatic nitrogens is 3. The number of nitrogens with zero attached hydrogens (tertiary/aromatic N) is 2. The van der Waals surface area contributed by atoms with E-state index in [0.717, 1.165) is 5.39 Å². The summed E-state index contributed by atoms with van der Waals surface area (Å²) in [6, 6.07) is 5.35. The van der Waals surface area contributed by atoms with Gasteiger partial charge in [-0.2, -0.15) is 0 Å². The average Bonchev–Trinajstić information content (AvgIpc) is 2.46. The number of methoxy groups -OCH3 is 1. The van der Waals surface area contributed by atoms with E-state index in [9.17, 15) is 4.79 Å². The predicted molar refractivity (Wildman–Crippen MR) is 75.4 cm³/mol. The quantitative estimate of drug-likeness (QED) is 0.736. The lowest BCUT2D eigenvalue weighted by Crippen LogP contribution is -2.07. The van der Waals surface area contributed by atoms with Crippen LogP contribution in [0, 0.1) is 0 Å². The van der Waals surface area contributed by atoms with E-state index in [1.54, 1.807) is 19.2 Å². The molecule has 1 aromatic carbocycles. The van der Waals surface area contributed by atoms with Gasteiger partial charge >= 0.3 is 0 Å². The van der Waals surface area contributed by atoms with Crippen LogP contribution in [0.2, 0.25) is 0 Å². The Bertz CT molecular complexity index is 842. The molecule has 0 saturated carbocycles. The lowest BCUT2D eigenvalue weighted by molar-refractivity contribution is 0.313. The molecule has 20 heavy (non-hydrogen) atoms. The molecule has 3 aromatic rings. The third-order valence-corrected chi connectivity index (χ3v) is 3.02. The number of pyridine rings is 1. The second-order valence-corrected chi connectivity index (χ2v) is 4.19. The van der Waals surface area contributed by atoms with Gasteiger partial charge in [0, 0.05) is 5.39 Å².